The van der Waals surface area contributed by atoms with Gasteiger partial charge in [-0.3, -0.25) is 4.98 Å². The molecule has 0 spiro atoms. The molecular formula is C25H15N5. The predicted molar refractivity (Wildman–Crippen MR) is 119 cm³/mol. The summed E-state index contributed by atoms with van der Waals surface area (Å²) < 4.78 is 0. The van der Waals surface area contributed by atoms with Gasteiger partial charge in [-0.1, -0.05) is 42.5 Å². The first-order valence-electron chi connectivity index (χ1n) is 9.67. The normalized spacial score (nSPS) is 11.3. The zero-order valence-electron chi connectivity index (χ0n) is 15.9. The maximum atomic E-state index is 4.57. The van der Waals surface area contributed by atoms with E-state index in [-0.39, 0.29) is 0 Å². The summed E-state index contributed by atoms with van der Waals surface area (Å²) in [6.45, 7) is 0. The first kappa shape index (κ1) is 16.7. The Morgan fingerprint density at radius 1 is 0.467 bits per heavy atom. The van der Waals surface area contributed by atoms with Crippen molar-refractivity contribution in [1.29, 1.82) is 0 Å². The van der Waals surface area contributed by atoms with Crippen LogP contribution in [0.5, 0.6) is 0 Å². The molecule has 5 nitrogen and oxygen atoms in total. The molecule has 0 atom stereocenters. The second-order valence-corrected chi connectivity index (χ2v) is 7.25. The van der Waals surface area contributed by atoms with Crippen molar-refractivity contribution in [2.45, 2.75) is 0 Å². The topological polar surface area (TPSA) is 64.5 Å². The molecule has 0 aliphatic carbocycles. The summed E-state index contributed by atoms with van der Waals surface area (Å²) in [5.74, 6) is 0. The lowest BCUT2D eigenvalue weighted by Gasteiger charge is -2.07. The molecule has 0 amide bonds. The molecule has 0 aliphatic heterocycles. The van der Waals surface area contributed by atoms with Crippen LogP contribution in [0.2, 0.25) is 0 Å². The number of hydrogen-bond acceptors (Lipinski definition) is 5. The Hall–Kier alpha value is -4.25. The Kier molecular flexibility index (Phi) is 3.71. The van der Waals surface area contributed by atoms with Crippen molar-refractivity contribution in [2.75, 3.05) is 0 Å². The highest BCUT2D eigenvalue weighted by atomic mass is 15.1. The summed E-state index contributed by atoms with van der Waals surface area (Å²) in [4.78, 5) is 4.57. The highest BCUT2D eigenvalue weighted by Crippen LogP contribution is 2.28. The molecule has 0 fully saturated rings. The van der Waals surface area contributed by atoms with Crippen LogP contribution in [0.1, 0.15) is 0 Å². The van der Waals surface area contributed by atoms with Gasteiger partial charge in [-0.25, -0.2) is 0 Å². The van der Waals surface area contributed by atoms with Gasteiger partial charge in [0.05, 0.1) is 29.1 Å². The molecule has 140 valence electrons. The van der Waals surface area contributed by atoms with Gasteiger partial charge in [0.25, 0.3) is 0 Å². The smallest absolute Gasteiger partial charge is 0.0936 e. The fourth-order valence-electron chi connectivity index (χ4n) is 3.74. The second kappa shape index (κ2) is 6.67. The van der Waals surface area contributed by atoms with Crippen LogP contribution in [-0.2, 0) is 0 Å². The Morgan fingerprint density at radius 2 is 1.23 bits per heavy atom. The first-order valence-corrected chi connectivity index (χ1v) is 9.67. The molecule has 3 heterocycles. The van der Waals surface area contributed by atoms with Crippen molar-refractivity contribution in [3.63, 3.8) is 0 Å². The quantitative estimate of drug-likeness (QED) is 0.396. The van der Waals surface area contributed by atoms with Crippen LogP contribution < -0.4 is 0 Å². The monoisotopic (exact) mass is 385 g/mol. The van der Waals surface area contributed by atoms with E-state index in [0.717, 1.165) is 55.0 Å². The lowest BCUT2D eigenvalue weighted by atomic mass is 10.0. The third kappa shape index (κ3) is 2.84. The van der Waals surface area contributed by atoms with Crippen LogP contribution in [0.25, 0.3) is 55.0 Å². The van der Waals surface area contributed by atoms with Crippen molar-refractivity contribution in [3.05, 3.63) is 91.4 Å². The van der Waals surface area contributed by atoms with Gasteiger partial charge in [0.15, 0.2) is 0 Å². The highest BCUT2D eigenvalue weighted by molar-refractivity contribution is 5.90. The van der Waals surface area contributed by atoms with E-state index in [4.69, 9.17) is 0 Å². The van der Waals surface area contributed by atoms with Gasteiger partial charge in [0.2, 0.25) is 0 Å². The van der Waals surface area contributed by atoms with E-state index in [1.807, 2.05) is 36.5 Å². The molecule has 0 bridgehead atoms. The lowest BCUT2D eigenvalue weighted by molar-refractivity contribution is 1.05. The number of benzene rings is 3. The van der Waals surface area contributed by atoms with Crippen LogP contribution in [0.4, 0.5) is 0 Å². The summed E-state index contributed by atoms with van der Waals surface area (Å²) in [5.41, 5.74) is 5.84. The molecule has 0 aliphatic rings. The molecule has 6 aromatic rings. The number of rotatable bonds is 2. The number of nitrogens with zero attached hydrogens (tertiary/aromatic N) is 5. The third-order valence-electron chi connectivity index (χ3n) is 5.35. The number of aromatic nitrogens is 5. The van der Waals surface area contributed by atoms with Crippen LogP contribution in [0.3, 0.4) is 0 Å². The molecule has 0 N–H and O–H groups in total. The Bertz CT molecular complexity index is 1440. The zero-order valence-corrected chi connectivity index (χ0v) is 15.9. The standard InChI is InChI=1S/C25H15N5/c1-2-4-23-17(3-1)9-21(13-26-23)16-5-6-19-12-25(30-29-24(19)11-16)18-7-8-20-14-27-28-15-22(20)10-18/h1-15H. The summed E-state index contributed by atoms with van der Waals surface area (Å²) in [5, 5.41) is 21.1. The van der Waals surface area contributed by atoms with Gasteiger partial charge in [-0.2, -0.15) is 10.2 Å². The SMILES string of the molecule is c1ccc2ncc(-c3ccc4cc(-c5ccc6cnncc6c5)nnc4c3)cc2c1. The first-order chi connectivity index (χ1) is 14.8. The van der Waals surface area contributed by atoms with E-state index in [0.29, 0.717) is 0 Å². The van der Waals surface area contributed by atoms with E-state index in [2.05, 4.69) is 67.8 Å². The molecule has 3 aromatic heterocycles. The van der Waals surface area contributed by atoms with Crippen LogP contribution in [0.15, 0.2) is 91.4 Å². The number of pyridine rings is 1. The number of fused-ring (bicyclic) bond motifs is 3. The van der Waals surface area contributed by atoms with Gasteiger partial charge < -0.3 is 0 Å². The Balaban J connectivity index is 1.41. The van der Waals surface area contributed by atoms with E-state index in [9.17, 15) is 0 Å². The van der Waals surface area contributed by atoms with Crippen molar-refractivity contribution in [1.82, 2.24) is 25.4 Å². The van der Waals surface area contributed by atoms with Crippen molar-refractivity contribution in [3.8, 4) is 22.4 Å². The lowest BCUT2D eigenvalue weighted by Crippen LogP contribution is -1.91. The van der Waals surface area contributed by atoms with E-state index >= 15 is 0 Å². The van der Waals surface area contributed by atoms with Crippen molar-refractivity contribution >= 4 is 32.6 Å². The Labute approximate surface area is 172 Å². The van der Waals surface area contributed by atoms with E-state index in [1.54, 1.807) is 12.4 Å². The minimum Gasteiger partial charge on any atom is -0.256 e. The van der Waals surface area contributed by atoms with Crippen molar-refractivity contribution in [2.24, 2.45) is 0 Å². The number of hydrogen-bond donors (Lipinski definition) is 0. The molecule has 0 saturated heterocycles. The summed E-state index contributed by atoms with van der Waals surface area (Å²) in [6.07, 6.45) is 5.43. The molecule has 5 heteroatoms. The van der Waals surface area contributed by atoms with Gasteiger partial charge in [-0.05, 0) is 35.9 Å². The minimum absolute atomic E-state index is 0.835. The van der Waals surface area contributed by atoms with Gasteiger partial charge in [0, 0.05) is 38.9 Å². The highest BCUT2D eigenvalue weighted by Gasteiger charge is 2.07. The minimum atomic E-state index is 0.835. The zero-order chi connectivity index (χ0) is 19.9. The molecule has 0 unspecified atom stereocenters. The second-order valence-electron chi connectivity index (χ2n) is 7.25. The fraction of sp³-hybridized carbons (Fsp3) is 0. The maximum Gasteiger partial charge on any atom is 0.0936 e. The molecule has 6 rings (SSSR count). The van der Waals surface area contributed by atoms with Crippen LogP contribution in [0, 0.1) is 0 Å². The Morgan fingerprint density at radius 3 is 2.20 bits per heavy atom. The molecular weight excluding hydrogens is 370 g/mol. The molecule has 0 radical (unpaired) electrons. The average molecular weight is 385 g/mol. The molecule has 0 saturated carbocycles. The maximum absolute atomic E-state index is 4.57. The average Bonchev–Trinajstić information content (AvgIpc) is 2.83. The number of para-hydroxylation sites is 1. The van der Waals surface area contributed by atoms with Crippen molar-refractivity contribution < 1.29 is 0 Å². The van der Waals surface area contributed by atoms with Crippen LogP contribution in [-0.4, -0.2) is 25.4 Å². The van der Waals surface area contributed by atoms with Gasteiger partial charge >= 0.3 is 0 Å². The van der Waals surface area contributed by atoms with E-state index in [1.165, 1.54) is 0 Å². The summed E-state index contributed by atoms with van der Waals surface area (Å²) >= 11 is 0. The third-order valence-corrected chi connectivity index (χ3v) is 5.35. The van der Waals surface area contributed by atoms with E-state index < -0.39 is 0 Å². The summed E-state index contributed by atoms with van der Waals surface area (Å²) in [6, 6.07) is 24.7. The molecule has 3 aromatic carbocycles. The van der Waals surface area contributed by atoms with Crippen LogP contribution >= 0.6 is 0 Å². The molecule has 30 heavy (non-hydrogen) atoms. The fourth-order valence-corrected chi connectivity index (χ4v) is 3.74. The van der Waals surface area contributed by atoms with Gasteiger partial charge in [0.1, 0.15) is 0 Å². The van der Waals surface area contributed by atoms with Gasteiger partial charge in [-0.15, -0.1) is 10.2 Å². The largest absolute Gasteiger partial charge is 0.256 e. The predicted octanol–water partition coefficient (Wildman–Crippen LogP) is 5.46. The summed E-state index contributed by atoms with van der Waals surface area (Å²) in [7, 11) is 0.